The Morgan fingerprint density at radius 3 is 3.05 bits per heavy atom. The van der Waals surface area contributed by atoms with Crippen molar-refractivity contribution in [2.75, 3.05) is 6.54 Å². The molecule has 1 saturated heterocycles. The first-order valence-electron chi connectivity index (χ1n) is 7.08. The summed E-state index contributed by atoms with van der Waals surface area (Å²) in [4.78, 5) is 4.72. The molecule has 1 fully saturated rings. The third-order valence-electron chi connectivity index (χ3n) is 4.03. The van der Waals surface area contributed by atoms with E-state index in [1.165, 1.54) is 12.5 Å². The van der Waals surface area contributed by atoms with E-state index in [1.54, 1.807) is 12.1 Å². The number of nitrogens with zero attached hydrogens (tertiary/aromatic N) is 2. The van der Waals surface area contributed by atoms with Crippen molar-refractivity contribution in [2.45, 2.75) is 39.3 Å². The van der Waals surface area contributed by atoms with Gasteiger partial charge in [-0.2, -0.15) is 0 Å². The van der Waals surface area contributed by atoms with Gasteiger partial charge in [0.15, 0.2) is 0 Å². The van der Waals surface area contributed by atoms with Gasteiger partial charge >= 0.3 is 0 Å². The van der Waals surface area contributed by atoms with Crippen LogP contribution in [-0.4, -0.2) is 16.1 Å². The Balaban J connectivity index is 2.07. The zero-order chi connectivity index (χ0) is 13.4. The van der Waals surface area contributed by atoms with Gasteiger partial charge in [0.2, 0.25) is 0 Å². The number of nitrogens with one attached hydrogen (secondary N) is 1. The number of piperidine rings is 1. The number of rotatable bonds is 2. The Morgan fingerprint density at radius 1 is 1.47 bits per heavy atom. The molecule has 1 aromatic heterocycles. The van der Waals surface area contributed by atoms with E-state index in [2.05, 4.69) is 23.7 Å². The molecular weight excluding hydrogens is 241 g/mol. The van der Waals surface area contributed by atoms with Crippen LogP contribution in [0.4, 0.5) is 4.39 Å². The molecule has 1 N–H and O–H groups in total. The number of aromatic nitrogens is 2. The second kappa shape index (κ2) is 4.93. The van der Waals surface area contributed by atoms with E-state index in [0.717, 1.165) is 36.4 Å². The summed E-state index contributed by atoms with van der Waals surface area (Å²) in [5.74, 6) is 1.57. The van der Waals surface area contributed by atoms with Crippen LogP contribution < -0.4 is 5.32 Å². The van der Waals surface area contributed by atoms with E-state index in [-0.39, 0.29) is 5.82 Å². The third-order valence-corrected chi connectivity index (χ3v) is 4.03. The number of aryl methyl sites for hydroxylation is 1. The standard InChI is InChI=1S/C15H20FN3/c1-3-19-14-9-11(16)4-5-12(14)18-15(19)13-8-10(2)6-7-17-13/h4-5,9-10,13,17H,3,6-8H2,1-2H3. The average molecular weight is 261 g/mol. The van der Waals surface area contributed by atoms with Crippen molar-refractivity contribution in [1.29, 1.82) is 0 Å². The first-order valence-corrected chi connectivity index (χ1v) is 7.08. The van der Waals surface area contributed by atoms with Gasteiger partial charge in [-0.1, -0.05) is 6.92 Å². The summed E-state index contributed by atoms with van der Waals surface area (Å²) in [6, 6.07) is 5.13. The van der Waals surface area contributed by atoms with Gasteiger partial charge in [-0.05, 0) is 50.4 Å². The number of benzene rings is 1. The molecular formula is C15H20FN3. The van der Waals surface area contributed by atoms with Gasteiger partial charge < -0.3 is 9.88 Å². The number of imidazole rings is 1. The molecule has 3 rings (SSSR count). The predicted octanol–water partition coefficient (Wildman–Crippen LogP) is 3.26. The summed E-state index contributed by atoms with van der Waals surface area (Å²) in [5, 5.41) is 3.54. The molecule has 2 atom stereocenters. The molecule has 2 aromatic rings. The maximum absolute atomic E-state index is 13.4. The lowest BCUT2D eigenvalue weighted by molar-refractivity contribution is 0.311. The van der Waals surface area contributed by atoms with Gasteiger partial charge in [-0.3, -0.25) is 0 Å². The number of hydrogen-bond acceptors (Lipinski definition) is 2. The maximum atomic E-state index is 13.4. The molecule has 1 aromatic carbocycles. The monoisotopic (exact) mass is 261 g/mol. The summed E-state index contributed by atoms with van der Waals surface area (Å²) >= 11 is 0. The van der Waals surface area contributed by atoms with Gasteiger partial charge in [0.25, 0.3) is 0 Å². The molecule has 3 nitrogen and oxygen atoms in total. The van der Waals surface area contributed by atoms with Gasteiger partial charge in [0, 0.05) is 6.54 Å². The highest BCUT2D eigenvalue weighted by molar-refractivity contribution is 5.76. The zero-order valence-corrected chi connectivity index (χ0v) is 11.5. The first kappa shape index (κ1) is 12.6. The molecule has 1 aliphatic heterocycles. The van der Waals surface area contributed by atoms with Crippen molar-refractivity contribution in [3.8, 4) is 0 Å². The largest absolute Gasteiger partial charge is 0.327 e. The molecule has 0 bridgehead atoms. The molecule has 0 saturated carbocycles. The Kier molecular flexibility index (Phi) is 3.27. The van der Waals surface area contributed by atoms with Gasteiger partial charge in [-0.25, -0.2) is 9.37 Å². The zero-order valence-electron chi connectivity index (χ0n) is 11.5. The van der Waals surface area contributed by atoms with Crippen LogP contribution in [0, 0.1) is 11.7 Å². The molecule has 2 heterocycles. The number of halogens is 1. The molecule has 2 unspecified atom stereocenters. The Morgan fingerprint density at radius 2 is 2.32 bits per heavy atom. The summed E-state index contributed by atoms with van der Waals surface area (Å²) < 4.78 is 15.5. The van der Waals surface area contributed by atoms with Gasteiger partial charge in [0.05, 0.1) is 17.1 Å². The lowest BCUT2D eigenvalue weighted by atomic mass is 9.94. The molecule has 0 radical (unpaired) electrons. The van der Waals surface area contributed by atoms with Crippen LogP contribution in [0.3, 0.4) is 0 Å². The highest BCUT2D eigenvalue weighted by atomic mass is 19.1. The molecule has 0 aliphatic carbocycles. The van der Waals surface area contributed by atoms with Crippen LogP contribution in [0.5, 0.6) is 0 Å². The van der Waals surface area contributed by atoms with E-state index in [4.69, 9.17) is 4.98 Å². The van der Waals surface area contributed by atoms with Crippen LogP contribution in [-0.2, 0) is 6.54 Å². The van der Waals surface area contributed by atoms with E-state index in [9.17, 15) is 4.39 Å². The third kappa shape index (κ3) is 2.25. The second-order valence-electron chi connectivity index (χ2n) is 5.48. The predicted molar refractivity (Wildman–Crippen MR) is 74.5 cm³/mol. The van der Waals surface area contributed by atoms with Crippen molar-refractivity contribution in [2.24, 2.45) is 5.92 Å². The summed E-state index contributed by atoms with van der Waals surface area (Å²) in [6.07, 6.45) is 2.32. The molecule has 4 heteroatoms. The van der Waals surface area contributed by atoms with Gasteiger partial charge in [0.1, 0.15) is 11.6 Å². The SMILES string of the molecule is CCn1c(C2CC(C)CCN2)nc2ccc(F)cc21. The van der Waals surface area contributed by atoms with Crippen LogP contribution in [0.1, 0.15) is 38.6 Å². The van der Waals surface area contributed by atoms with Crippen molar-refractivity contribution < 1.29 is 4.39 Å². The minimum Gasteiger partial charge on any atom is -0.327 e. The smallest absolute Gasteiger partial charge is 0.127 e. The summed E-state index contributed by atoms with van der Waals surface area (Å²) in [7, 11) is 0. The van der Waals surface area contributed by atoms with E-state index >= 15 is 0 Å². The minimum atomic E-state index is -0.196. The Labute approximate surface area is 112 Å². The van der Waals surface area contributed by atoms with E-state index in [0.29, 0.717) is 12.0 Å². The molecule has 0 amide bonds. The van der Waals surface area contributed by atoms with Crippen LogP contribution in [0.25, 0.3) is 11.0 Å². The topological polar surface area (TPSA) is 29.9 Å². The van der Waals surface area contributed by atoms with Crippen molar-refractivity contribution in [1.82, 2.24) is 14.9 Å². The number of fused-ring (bicyclic) bond motifs is 1. The summed E-state index contributed by atoms with van der Waals surface area (Å²) in [6.45, 7) is 6.23. The molecule has 1 aliphatic rings. The molecule has 102 valence electrons. The second-order valence-corrected chi connectivity index (χ2v) is 5.48. The molecule has 0 spiro atoms. The Hall–Kier alpha value is -1.42. The van der Waals surface area contributed by atoms with Crippen molar-refractivity contribution in [3.05, 3.63) is 29.8 Å². The summed E-state index contributed by atoms with van der Waals surface area (Å²) in [5.41, 5.74) is 1.79. The fourth-order valence-electron chi connectivity index (χ4n) is 3.02. The Bertz CT molecular complexity index is 590. The minimum absolute atomic E-state index is 0.196. The highest BCUT2D eigenvalue weighted by Crippen LogP contribution is 2.29. The lowest BCUT2D eigenvalue weighted by Gasteiger charge is -2.28. The van der Waals surface area contributed by atoms with Gasteiger partial charge in [-0.15, -0.1) is 0 Å². The van der Waals surface area contributed by atoms with Crippen molar-refractivity contribution >= 4 is 11.0 Å². The fraction of sp³-hybridized carbons (Fsp3) is 0.533. The highest BCUT2D eigenvalue weighted by Gasteiger charge is 2.24. The fourth-order valence-corrected chi connectivity index (χ4v) is 3.02. The normalized spacial score (nSPS) is 23.9. The average Bonchev–Trinajstić information content (AvgIpc) is 2.76. The van der Waals surface area contributed by atoms with E-state index in [1.807, 2.05) is 0 Å². The maximum Gasteiger partial charge on any atom is 0.127 e. The first-order chi connectivity index (χ1) is 9.19. The quantitative estimate of drug-likeness (QED) is 0.899. The molecule has 19 heavy (non-hydrogen) atoms. The lowest BCUT2D eigenvalue weighted by Crippen LogP contribution is -2.32. The number of hydrogen-bond donors (Lipinski definition) is 1. The van der Waals surface area contributed by atoms with Crippen LogP contribution in [0.15, 0.2) is 18.2 Å². The van der Waals surface area contributed by atoms with E-state index < -0.39 is 0 Å². The van der Waals surface area contributed by atoms with Crippen LogP contribution in [0.2, 0.25) is 0 Å². The van der Waals surface area contributed by atoms with Crippen molar-refractivity contribution in [3.63, 3.8) is 0 Å². The van der Waals surface area contributed by atoms with Crippen LogP contribution >= 0.6 is 0 Å².